The van der Waals surface area contributed by atoms with Crippen molar-refractivity contribution in [3.63, 3.8) is 0 Å². The van der Waals surface area contributed by atoms with E-state index in [0.29, 0.717) is 6.54 Å². The Labute approximate surface area is 207 Å². The third kappa shape index (κ3) is 6.29. The number of rotatable bonds is 5. The predicted octanol–water partition coefficient (Wildman–Crippen LogP) is 5.80. The van der Waals surface area contributed by atoms with Gasteiger partial charge in [0.05, 0.1) is 25.0 Å². The van der Waals surface area contributed by atoms with Crippen LogP contribution in [0.1, 0.15) is 56.1 Å². The van der Waals surface area contributed by atoms with Crippen LogP contribution in [0, 0.1) is 13.8 Å². The van der Waals surface area contributed by atoms with Gasteiger partial charge in [-0.3, -0.25) is 4.79 Å². The summed E-state index contributed by atoms with van der Waals surface area (Å²) in [4.78, 5) is 33.7. The topological polar surface area (TPSA) is 87.3 Å². The number of aromatic amines is 1. The first kappa shape index (κ1) is 26.0. The number of carbonyl (C=O) groups is 2. The highest BCUT2D eigenvalue weighted by Gasteiger charge is 2.32. The standard InChI is InChI=1S/C25H28N4O3.C3H8/c1-16-7-4-5-8-19(16)20-13-18(11-10-17(20)2)21-14-26-24(28-21)22-9-6-12-29(22)23(30)15-27-25(31)32-3;1-3-2/h4-5,7-8,10-11,13-14,22H,6,9,12,15H2,1-3H3,(H,26,28)(H,27,31);3H2,1-2H3/t22-;/m0./s1. The molecule has 7 nitrogen and oxygen atoms in total. The van der Waals surface area contributed by atoms with E-state index in [0.717, 1.165) is 29.9 Å². The van der Waals surface area contributed by atoms with Crippen LogP contribution in [0.4, 0.5) is 4.79 Å². The lowest BCUT2D eigenvalue weighted by atomic mass is 9.94. The fourth-order valence-electron chi connectivity index (χ4n) is 4.28. The normalized spacial score (nSPS) is 14.8. The summed E-state index contributed by atoms with van der Waals surface area (Å²) >= 11 is 0. The summed E-state index contributed by atoms with van der Waals surface area (Å²) in [6, 6.07) is 14.6. The first-order valence-electron chi connectivity index (χ1n) is 12.2. The molecule has 2 aromatic carbocycles. The number of aromatic nitrogens is 2. The van der Waals surface area contributed by atoms with Crippen molar-refractivity contribution in [3.05, 3.63) is 65.6 Å². The molecule has 7 heteroatoms. The van der Waals surface area contributed by atoms with E-state index >= 15 is 0 Å². The fourth-order valence-corrected chi connectivity index (χ4v) is 4.28. The van der Waals surface area contributed by atoms with Crippen molar-refractivity contribution in [3.8, 4) is 22.4 Å². The number of imidazole rings is 1. The first-order valence-corrected chi connectivity index (χ1v) is 12.2. The number of aryl methyl sites for hydroxylation is 2. The molecular weight excluding hydrogens is 440 g/mol. The van der Waals surface area contributed by atoms with E-state index in [4.69, 9.17) is 0 Å². The Bertz CT molecular complexity index is 1150. The third-order valence-corrected chi connectivity index (χ3v) is 6.04. The minimum atomic E-state index is -0.613. The number of hydrogen-bond donors (Lipinski definition) is 2. The van der Waals surface area contributed by atoms with Crippen molar-refractivity contribution in [2.45, 2.75) is 53.0 Å². The van der Waals surface area contributed by atoms with E-state index in [1.54, 1.807) is 4.90 Å². The minimum Gasteiger partial charge on any atom is -0.453 e. The van der Waals surface area contributed by atoms with Crippen molar-refractivity contribution >= 4 is 12.0 Å². The molecule has 0 aliphatic carbocycles. The fraction of sp³-hybridized carbons (Fsp3) is 0.393. The molecule has 0 radical (unpaired) electrons. The van der Waals surface area contributed by atoms with Crippen LogP contribution in [0.5, 0.6) is 0 Å². The van der Waals surface area contributed by atoms with Crippen LogP contribution in [-0.4, -0.2) is 47.1 Å². The van der Waals surface area contributed by atoms with Crippen LogP contribution in [0.25, 0.3) is 22.4 Å². The lowest BCUT2D eigenvalue weighted by molar-refractivity contribution is -0.131. The highest BCUT2D eigenvalue weighted by Crippen LogP contribution is 2.33. The molecule has 2 N–H and O–H groups in total. The van der Waals surface area contributed by atoms with E-state index in [9.17, 15) is 9.59 Å². The molecule has 1 aliphatic rings. The van der Waals surface area contributed by atoms with Crippen LogP contribution in [0.15, 0.2) is 48.7 Å². The molecule has 1 saturated heterocycles. The Kier molecular flexibility index (Phi) is 9.06. The van der Waals surface area contributed by atoms with Gasteiger partial charge in [-0.2, -0.15) is 0 Å². The number of likely N-dealkylation sites (tertiary alicyclic amines) is 1. The Morgan fingerprint density at radius 1 is 1.11 bits per heavy atom. The molecule has 1 aliphatic heterocycles. The monoisotopic (exact) mass is 476 g/mol. The summed E-state index contributed by atoms with van der Waals surface area (Å²) in [5, 5.41) is 2.46. The van der Waals surface area contributed by atoms with Crippen LogP contribution in [0.2, 0.25) is 0 Å². The summed E-state index contributed by atoms with van der Waals surface area (Å²) in [6.07, 6.45) is 4.19. The maximum atomic E-state index is 12.6. The molecule has 2 heterocycles. The largest absolute Gasteiger partial charge is 0.453 e. The average Bonchev–Trinajstić information content (AvgIpc) is 3.53. The molecule has 2 amide bonds. The molecule has 0 bridgehead atoms. The summed E-state index contributed by atoms with van der Waals surface area (Å²) in [5.41, 5.74) is 6.84. The van der Waals surface area contributed by atoms with Gasteiger partial charge in [0.2, 0.25) is 5.91 Å². The zero-order chi connectivity index (χ0) is 25.4. The molecule has 3 aromatic rings. The minimum absolute atomic E-state index is 0.0888. The lowest BCUT2D eigenvalue weighted by Gasteiger charge is -2.23. The first-order chi connectivity index (χ1) is 16.9. The SMILES string of the molecule is CCC.COC(=O)NCC(=O)N1CCC[C@H]1c1ncc(-c2ccc(C)c(-c3ccccc3C)c2)[nH]1. The Morgan fingerprint density at radius 2 is 1.83 bits per heavy atom. The van der Waals surface area contributed by atoms with E-state index in [2.05, 4.69) is 90.2 Å². The van der Waals surface area contributed by atoms with E-state index in [1.807, 2.05) is 6.20 Å². The number of alkyl carbamates (subject to hydrolysis) is 1. The summed E-state index contributed by atoms with van der Waals surface area (Å²) < 4.78 is 4.55. The predicted molar refractivity (Wildman–Crippen MR) is 139 cm³/mol. The number of hydrogen-bond acceptors (Lipinski definition) is 4. The zero-order valence-corrected chi connectivity index (χ0v) is 21.4. The maximum Gasteiger partial charge on any atom is 0.407 e. The number of H-pyrrole nitrogens is 1. The van der Waals surface area contributed by atoms with Gasteiger partial charge in [0.1, 0.15) is 12.4 Å². The van der Waals surface area contributed by atoms with Crippen LogP contribution >= 0.6 is 0 Å². The molecule has 1 fully saturated rings. The van der Waals surface area contributed by atoms with Crippen LogP contribution in [0.3, 0.4) is 0 Å². The van der Waals surface area contributed by atoms with Crippen LogP contribution in [-0.2, 0) is 9.53 Å². The molecule has 1 atom stereocenters. The summed E-state index contributed by atoms with van der Waals surface area (Å²) in [6.45, 7) is 9.05. The summed E-state index contributed by atoms with van der Waals surface area (Å²) in [7, 11) is 1.28. The maximum absolute atomic E-state index is 12.6. The molecule has 4 rings (SSSR count). The summed E-state index contributed by atoms with van der Waals surface area (Å²) in [5.74, 6) is 0.620. The van der Waals surface area contributed by atoms with Crippen molar-refractivity contribution in [1.82, 2.24) is 20.2 Å². The Balaban J connectivity index is 0.00000108. The molecule has 0 unspecified atom stereocenters. The molecular formula is C28H36N4O3. The van der Waals surface area contributed by atoms with Crippen molar-refractivity contribution in [2.75, 3.05) is 20.2 Å². The highest BCUT2D eigenvalue weighted by atomic mass is 16.5. The number of amides is 2. The van der Waals surface area contributed by atoms with Gasteiger partial charge in [0.25, 0.3) is 0 Å². The second kappa shape index (κ2) is 12.2. The number of benzene rings is 2. The molecule has 35 heavy (non-hydrogen) atoms. The number of carbonyl (C=O) groups excluding carboxylic acids is 2. The van der Waals surface area contributed by atoms with Crippen molar-refractivity contribution in [2.24, 2.45) is 0 Å². The Hall–Kier alpha value is -3.61. The van der Waals surface area contributed by atoms with E-state index in [-0.39, 0.29) is 18.5 Å². The Morgan fingerprint density at radius 3 is 2.54 bits per heavy atom. The number of ether oxygens (including phenoxy) is 1. The number of nitrogens with zero attached hydrogens (tertiary/aromatic N) is 2. The average molecular weight is 477 g/mol. The number of nitrogens with one attached hydrogen (secondary N) is 2. The van der Waals surface area contributed by atoms with E-state index < -0.39 is 6.09 Å². The van der Waals surface area contributed by atoms with Gasteiger partial charge in [-0.15, -0.1) is 0 Å². The smallest absolute Gasteiger partial charge is 0.407 e. The van der Waals surface area contributed by atoms with Gasteiger partial charge in [0.15, 0.2) is 0 Å². The van der Waals surface area contributed by atoms with Crippen LogP contribution < -0.4 is 5.32 Å². The van der Waals surface area contributed by atoms with Gasteiger partial charge in [0, 0.05) is 12.1 Å². The molecule has 0 saturated carbocycles. The van der Waals surface area contributed by atoms with Gasteiger partial charge < -0.3 is 19.9 Å². The van der Waals surface area contributed by atoms with Gasteiger partial charge in [-0.25, -0.2) is 9.78 Å². The van der Waals surface area contributed by atoms with Gasteiger partial charge in [-0.1, -0.05) is 56.7 Å². The third-order valence-electron chi connectivity index (χ3n) is 6.04. The highest BCUT2D eigenvalue weighted by molar-refractivity contribution is 5.82. The van der Waals surface area contributed by atoms with Gasteiger partial charge in [-0.05, 0) is 55.0 Å². The van der Waals surface area contributed by atoms with Gasteiger partial charge >= 0.3 is 6.09 Å². The quantitative estimate of drug-likeness (QED) is 0.487. The second-order valence-electron chi connectivity index (χ2n) is 8.82. The number of methoxy groups -OCH3 is 1. The van der Waals surface area contributed by atoms with E-state index in [1.165, 1.54) is 35.8 Å². The van der Waals surface area contributed by atoms with Crippen molar-refractivity contribution < 1.29 is 14.3 Å². The van der Waals surface area contributed by atoms with Crippen molar-refractivity contribution in [1.29, 1.82) is 0 Å². The molecule has 1 aromatic heterocycles. The zero-order valence-electron chi connectivity index (χ0n) is 21.4. The molecule has 0 spiro atoms. The lowest BCUT2D eigenvalue weighted by Crippen LogP contribution is -2.40. The molecule has 186 valence electrons. The second-order valence-corrected chi connectivity index (χ2v) is 8.82.